The highest BCUT2D eigenvalue weighted by atomic mass is 35.5. The molecule has 0 aliphatic heterocycles. The van der Waals surface area contributed by atoms with E-state index in [-0.39, 0.29) is 35.9 Å². The first-order valence-corrected chi connectivity index (χ1v) is 12.0. The van der Waals surface area contributed by atoms with Crippen LogP contribution in [0, 0.1) is 5.82 Å². The molecule has 8 heteroatoms. The van der Waals surface area contributed by atoms with E-state index in [4.69, 9.17) is 23.2 Å². The Labute approximate surface area is 197 Å². The maximum Gasteiger partial charge on any atom is 0.243 e. The number of carbonyl (C=O) groups is 2. The molecule has 0 aromatic heterocycles. The van der Waals surface area contributed by atoms with Crippen LogP contribution in [0.5, 0.6) is 0 Å². The minimum Gasteiger partial charge on any atom is -0.352 e. The number of amides is 2. The molecule has 2 aromatic carbocycles. The number of hydrogen-bond donors (Lipinski definition) is 1. The molecule has 0 radical (unpaired) electrons. The number of rotatable bonds is 10. The van der Waals surface area contributed by atoms with Gasteiger partial charge in [0, 0.05) is 33.9 Å². The van der Waals surface area contributed by atoms with Crippen LogP contribution in [0.4, 0.5) is 4.39 Å². The van der Waals surface area contributed by atoms with E-state index in [1.165, 1.54) is 17.8 Å². The molecule has 31 heavy (non-hydrogen) atoms. The zero-order valence-corrected chi connectivity index (χ0v) is 20.2. The molecule has 0 aliphatic rings. The first kappa shape index (κ1) is 25.5. The van der Waals surface area contributed by atoms with Gasteiger partial charge in [-0.3, -0.25) is 9.59 Å². The summed E-state index contributed by atoms with van der Waals surface area (Å²) in [5.74, 6) is -0.418. The number of halogens is 3. The third kappa shape index (κ3) is 7.70. The molecular formula is C23H27Cl2FN2O2S. The Bertz CT molecular complexity index is 873. The Balaban J connectivity index is 2.16. The number of nitrogens with one attached hydrogen (secondary N) is 1. The third-order valence-corrected chi connectivity index (χ3v) is 6.17. The number of benzene rings is 2. The van der Waals surface area contributed by atoms with E-state index in [0.717, 1.165) is 5.56 Å². The van der Waals surface area contributed by atoms with E-state index in [2.05, 4.69) is 5.32 Å². The van der Waals surface area contributed by atoms with Gasteiger partial charge in [0.05, 0.1) is 5.75 Å². The van der Waals surface area contributed by atoms with Crippen LogP contribution in [0.15, 0.2) is 42.5 Å². The zero-order chi connectivity index (χ0) is 23.0. The van der Waals surface area contributed by atoms with Gasteiger partial charge in [0.1, 0.15) is 11.9 Å². The summed E-state index contributed by atoms with van der Waals surface area (Å²) >= 11 is 13.3. The van der Waals surface area contributed by atoms with Gasteiger partial charge in [-0.15, -0.1) is 11.8 Å². The van der Waals surface area contributed by atoms with Crippen molar-refractivity contribution < 1.29 is 14.0 Å². The minimum atomic E-state index is -0.608. The van der Waals surface area contributed by atoms with Gasteiger partial charge in [-0.25, -0.2) is 4.39 Å². The second-order valence-electron chi connectivity index (χ2n) is 7.43. The van der Waals surface area contributed by atoms with E-state index >= 15 is 0 Å². The lowest BCUT2D eigenvalue weighted by Crippen LogP contribution is -2.50. The van der Waals surface area contributed by atoms with Crippen LogP contribution in [-0.2, 0) is 21.9 Å². The van der Waals surface area contributed by atoms with E-state index in [1.807, 2.05) is 32.9 Å². The second kappa shape index (κ2) is 12.3. The van der Waals surface area contributed by atoms with Gasteiger partial charge in [0.2, 0.25) is 11.8 Å². The van der Waals surface area contributed by atoms with E-state index in [9.17, 15) is 14.0 Å². The first-order valence-electron chi connectivity index (χ1n) is 10.1. The summed E-state index contributed by atoms with van der Waals surface area (Å²) in [5.41, 5.74) is 1.24. The average molecular weight is 485 g/mol. The number of nitrogens with zero attached hydrogens (tertiary/aromatic N) is 1. The van der Waals surface area contributed by atoms with Crippen LogP contribution in [0.25, 0.3) is 0 Å². The van der Waals surface area contributed by atoms with Crippen molar-refractivity contribution in [3.05, 3.63) is 69.5 Å². The molecule has 0 saturated carbocycles. The third-order valence-electron chi connectivity index (χ3n) is 4.62. The van der Waals surface area contributed by atoms with Crippen molar-refractivity contribution >= 4 is 46.8 Å². The maximum atomic E-state index is 14.0. The van der Waals surface area contributed by atoms with E-state index in [0.29, 0.717) is 22.0 Å². The highest BCUT2D eigenvalue weighted by molar-refractivity contribution is 7.99. The first-order chi connectivity index (χ1) is 14.7. The summed E-state index contributed by atoms with van der Waals surface area (Å²) in [5, 5.41) is 3.83. The van der Waals surface area contributed by atoms with Crippen molar-refractivity contribution in [3.8, 4) is 0 Å². The standard InChI is InChI=1S/C23H27Cl2FN2O2S/c1-4-21(23(30)27-15(2)3)28(12-16-8-10-17(24)11-9-16)22(29)14-31-13-18-19(25)6-5-7-20(18)26/h5-11,15,21H,4,12-14H2,1-3H3,(H,27,30)/t21-/m1/s1. The van der Waals surface area contributed by atoms with Crippen LogP contribution in [0.2, 0.25) is 10.0 Å². The highest BCUT2D eigenvalue weighted by Crippen LogP contribution is 2.25. The topological polar surface area (TPSA) is 49.4 Å². The van der Waals surface area contributed by atoms with Gasteiger partial charge >= 0.3 is 0 Å². The van der Waals surface area contributed by atoms with Gasteiger partial charge in [0.15, 0.2) is 0 Å². The second-order valence-corrected chi connectivity index (χ2v) is 9.26. The van der Waals surface area contributed by atoms with Gasteiger partial charge < -0.3 is 10.2 Å². The highest BCUT2D eigenvalue weighted by Gasteiger charge is 2.29. The van der Waals surface area contributed by atoms with Crippen LogP contribution in [0.3, 0.4) is 0 Å². The summed E-state index contributed by atoms with van der Waals surface area (Å²) in [6.07, 6.45) is 0.474. The van der Waals surface area contributed by atoms with Crippen molar-refractivity contribution in [2.45, 2.75) is 51.6 Å². The fraction of sp³-hybridized carbons (Fsp3) is 0.391. The Morgan fingerprint density at radius 3 is 2.39 bits per heavy atom. The van der Waals surface area contributed by atoms with Crippen molar-refractivity contribution in [2.24, 2.45) is 0 Å². The smallest absolute Gasteiger partial charge is 0.243 e. The SMILES string of the molecule is CC[C@H](C(=O)NC(C)C)N(Cc1ccc(Cl)cc1)C(=O)CSCc1c(F)cccc1Cl. The Morgan fingerprint density at radius 2 is 1.81 bits per heavy atom. The van der Waals surface area contributed by atoms with Gasteiger partial charge in [-0.1, -0.05) is 48.3 Å². The largest absolute Gasteiger partial charge is 0.352 e. The van der Waals surface area contributed by atoms with Crippen molar-refractivity contribution in [1.29, 1.82) is 0 Å². The molecule has 2 amide bonds. The molecule has 0 fully saturated rings. The van der Waals surface area contributed by atoms with Gasteiger partial charge in [0.25, 0.3) is 0 Å². The Hall–Kier alpha value is -1.76. The molecular weight excluding hydrogens is 458 g/mol. The maximum absolute atomic E-state index is 14.0. The molecule has 0 spiro atoms. The van der Waals surface area contributed by atoms with Crippen molar-refractivity contribution in [1.82, 2.24) is 10.2 Å². The number of hydrogen-bond acceptors (Lipinski definition) is 3. The molecule has 2 aromatic rings. The summed E-state index contributed by atoms with van der Waals surface area (Å²) in [4.78, 5) is 27.5. The predicted octanol–water partition coefficient (Wildman–Crippen LogP) is 5.70. The normalized spacial score (nSPS) is 12.0. The lowest BCUT2D eigenvalue weighted by atomic mass is 10.1. The zero-order valence-electron chi connectivity index (χ0n) is 17.8. The van der Waals surface area contributed by atoms with E-state index in [1.54, 1.807) is 29.2 Å². The van der Waals surface area contributed by atoms with Crippen molar-refractivity contribution in [2.75, 3.05) is 5.75 Å². The summed E-state index contributed by atoms with van der Waals surface area (Å²) in [6.45, 7) is 5.91. The fourth-order valence-corrected chi connectivity index (χ4v) is 4.46. The Kier molecular flexibility index (Phi) is 10.1. The van der Waals surface area contributed by atoms with Gasteiger partial charge in [-0.05, 0) is 50.1 Å². The minimum absolute atomic E-state index is 0.0355. The fourth-order valence-electron chi connectivity index (χ4n) is 3.08. The monoisotopic (exact) mass is 484 g/mol. The lowest BCUT2D eigenvalue weighted by Gasteiger charge is -2.31. The van der Waals surface area contributed by atoms with E-state index < -0.39 is 11.9 Å². The quantitative estimate of drug-likeness (QED) is 0.470. The molecule has 0 saturated heterocycles. The molecule has 0 heterocycles. The van der Waals surface area contributed by atoms with Crippen LogP contribution >= 0.6 is 35.0 Å². The Morgan fingerprint density at radius 1 is 1.13 bits per heavy atom. The van der Waals surface area contributed by atoms with Gasteiger partial charge in [-0.2, -0.15) is 0 Å². The van der Waals surface area contributed by atoms with Crippen LogP contribution in [-0.4, -0.2) is 34.6 Å². The summed E-state index contributed by atoms with van der Waals surface area (Å²) in [6, 6.07) is 11.1. The average Bonchev–Trinajstić information content (AvgIpc) is 2.70. The summed E-state index contributed by atoms with van der Waals surface area (Å²) < 4.78 is 14.0. The number of thioether (sulfide) groups is 1. The molecule has 0 unspecified atom stereocenters. The molecule has 2 rings (SSSR count). The molecule has 1 atom stereocenters. The lowest BCUT2D eigenvalue weighted by molar-refractivity contribution is -0.139. The molecule has 0 aliphatic carbocycles. The van der Waals surface area contributed by atoms with Crippen LogP contribution < -0.4 is 5.32 Å². The molecule has 1 N–H and O–H groups in total. The molecule has 0 bridgehead atoms. The van der Waals surface area contributed by atoms with Crippen molar-refractivity contribution in [3.63, 3.8) is 0 Å². The molecule has 4 nitrogen and oxygen atoms in total. The van der Waals surface area contributed by atoms with Crippen LogP contribution in [0.1, 0.15) is 38.3 Å². The summed E-state index contributed by atoms with van der Waals surface area (Å²) in [7, 11) is 0. The predicted molar refractivity (Wildman–Crippen MR) is 127 cm³/mol. The molecule has 168 valence electrons. The number of carbonyl (C=O) groups excluding carboxylic acids is 2.